The molecule has 3 rings (SSSR count). The molecule has 0 aliphatic carbocycles. The lowest BCUT2D eigenvalue weighted by atomic mass is 10.0. The second kappa shape index (κ2) is 4.78. The maximum Gasteiger partial charge on any atom is 0.212 e. The monoisotopic (exact) mass is 268 g/mol. The molecule has 0 spiro atoms. The summed E-state index contributed by atoms with van der Waals surface area (Å²) in [6.07, 6.45) is 1.41. The Hall–Kier alpha value is -2.26. The van der Waals surface area contributed by atoms with Gasteiger partial charge in [0.1, 0.15) is 12.0 Å². The van der Waals surface area contributed by atoms with E-state index in [-0.39, 0.29) is 5.78 Å². The summed E-state index contributed by atoms with van der Waals surface area (Å²) < 4.78 is 0. The smallest absolute Gasteiger partial charge is 0.212 e. The van der Waals surface area contributed by atoms with Gasteiger partial charge in [0.15, 0.2) is 0 Å². The number of carbonyl (C=O) groups excluding carboxylic acids is 1. The molecule has 0 aliphatic rings. The lowest BCUT2D eigenvalue weighted by Gasteiger charge is -2.04. The molecular formula is C15H9ClN2O. The molecule has 0 amide bonds. The maximum absolute atomic E-state index is 12.4. The van der Waals surface area contributed by atoms with Gasteiger partial charge in [-0.2, -0.15) is 0 Å². The van der Waals surface area contributed by atoms with E-state index in [1.165, 1.54) is 6.33 Å². The zero-order chi connectivity index (χ0) is 13.2. The van der Waals surface area contributed by atoms with Gasteiger partial charge >= 0.3 is 0 Å². The van der Waals surface area contributed by atoms with Crippen molar-refractivity contribution in [1.82, 2.24) is 9.97 Å². The number of nitrogens with zero attached hydrogens (tertiary/aromatic N) is 2. The summed E-state index contributed by atoms with van der Waals surface area (Å²) >= 11 is 5.82. The summed E-state index contributed by atoms with van der Waals surface area (Å²) in [5.74, 6) is -0.129. The minimum absolute atomic E-state index is 0.129. The molecule has 4 heteroatoms. The predicted octanol–water partition coefficient (Wildman–Crippen LogP) is 3.51. The number of benzene rings is 2. The molecule has 2 aromatic carbocycles. The van der Waals surface area contributed by atoms with Crippen LogP contribution in [0.15, 0.2) is 54.9 Å². The van der Waals surface area contributed by atoms with E-state index in [9.17, 15) is 4.79 Å². The normalized spacial score (nSPS) is 10.6. The Morgan fingerprint density at radius 3 is 2.47 bits per heavy atom. The fourth-order valence-electron chi connectivity index (χ4n) is 1.92. The summed E-state index contributed by atoms with van der Waals surface area (Å²) in [5.41, 5.74) is 1.73. The number of hydrogen-bond donors (Lipinski definition) is 0. The maximum atomic E-state index is 12.4. The molecule has 0 unspecified atom stereocenters. The highest BCUT2D eigenvalue weighted by molar-refractivity contribution is 6.30. The van der Waals surface area contributed by atoms with Crippen molar-refractivity contribution in [3.05, 3.63) is 71.1 Å². The Bertz CT molecular complexity index is 748. The molecule has 0 radical (unpaired) electrons. The third-order valence-corrected chi connectivity index (χ3v) is 3.12. The van der Waals surface area contributed by atoms with E-state index >= 15 is 0 Å². The highest BCUT2D eigenvalue weighted by atomic mass is 35.5. The zero-order valence-electron chi connectivity index (χ0n) is 9.88. The Balaban J connectivity index is 2.14. The molecule has 0 fully saturated rings. The van der Waals surface area contributed by atoms with Crippen LogP contribution in [0.1, 0.15) is 16.1 Å². The van der Waals surface area contributed by atoms with Crippen molar-refractivity contribution in [2.45, 2.75) is 0 Å². The van der Waals surface area contributed by atoms with Gasteiger partial charge in [-0.1, -0.05) is 29.8 Å². The molecule has 0 aliphatic heterocycles. The van der Waals surface area contributed by atoms with Gasteiger partial charge in [-0.25, -0.2) is 9.97 Å². The van der Waals surface area contributed by atoms with Crippen LogP contribution in [-0.4, -0.2) is 15.8 Å². The SMILES string of the molecule is O=C(c1ccc(Cl)cc1)c1ncnc2ccccc12. The van der Waals surface area contributed by atoms with Crippen LogP contribution in [0.5, 0.6) is 0 Å². The average molecular weight is 269 g/mol. The van der Waals surface area contributed by atoms with Crippen LogP contribution in [0.2, 0.25) is 5.02 Å². The molecule has 1 heterocycles. The Morgan fingerprint density at radius 2 is 1.68 bits per heavy atom. The highest BCUT2D eigenvalue weighted by Gasteiger charge is 2.14. The second-order valence-corrected chi connectivity index (χ2v) is 4.51. The average Bonchev–Trinajstić information content (AvgIpc) is 2.47. The van der Waals surface area contributed by atoms with E-state index in [0.29, 0.717) is 16.3 Å². The van der Waals surface area contributed by atoms with Crippen molar-refractivity contribution in [3.63, 3.8) is 0 Å². The minimum Gasteiger partial charge on any atom is -0.287 e. The van der Waals surface area contributed by atoms with Gasteiger partial charge in [0.25, 0.3) is 0 Å². The van der Waals surface area contributed by atoms with Crippen LogP contribution in [0.3, 0.4) is 0 Å². The number of aromatic nitrogens is 2. The summed E-state index contributed by atoms with van der Waals surface area (Å²) in [7, 11) is 0. The fraction of sp³-hybridized carbons (Fsp3) is 0. The van der Waals surface area contributed by atoms with Crippen molar-refractivity contribution < 1.29 is 4.79 Å². The van der Waals surface area contributed by atoms with Gasteiger partial charge in [-0.15, -0.1) is 0 Å². The number of hydrogen-bond acceptors (Lipinski definition) is 3. The first-order valence-electron chi connectivity index (χ1n) is 5.76. The third-order valence-electron chi connectivity index (χ3n) is 2.86. The fourth-order valence-corrected chi connectivity index (χ4v) is 2.05. The molecule has 0 atom stereocenters. The Labute approximate surface area is 114 Å². The van der Waals surface area contributed by atoms with Crippen molar-refractivity contribution in [2.24, 2.45) is 0 Å². The molecule has 3 aromatic rings. The van der Waals surface area contributed by atoms with Crippen LogP contribution < -0.4 is 0 Å². The predicted molar refractivity (Wildman–Crippen MR) is 74.4 cm³/mol. The Kier molecular flexibility index (Phi) is 2.97. The number of halogens is 1. The van der Waals surface area contributed by atoms with Crippen LogP contribution in [0.25, 0.3) is 10.9 Å². The summed E-state index contributed by atoms with van der Waals surface area (Å²) in [5, 5.41) is 1.36. The van der Waals surface area contributed by atoms with Gasteiger partial charge in [0.2, 0.25) is 5.78 Å². The first kappa shape index (κ1) is 11.8. The van der Waals surface area contributed by atoms with Gasteiger partial charge < -0.3 is 0 Å². The largest absolute Gasteiger partial charge is 0.287 e. The first-order valence-corrected chi connectivity index (χ1v) is 6.13. The number of carbonyl (C=O) groups is 1. The van der Waals surface area contributed by atoms with E-state index in [2.05, 4.69) is 9.97 Å². The molecule has 19 heavy (non-hydrogen) atoms. The van der Waals surface area contributed by atoms with Crippen molar-refractivity contribution in [3.8, 4) is 0 Å². The number of rotatable bonds is 2. The van der Waals surface area contributed by atoms with Crippen LogP contribution >= 0.6 is 11.6 Å². The molecule has 3 nitrogen and oxygen atoms in total. The minimum atomic E-state index is -0.129. The first-order chi connectivity index (χ1) is 9.25. The summed E-state index contributed by atoms with van der Waals surface area (Å²) in [6.45, 7) is 0. The standard InChI is InChI=1S/C15H9ClN2O/c16-11-7-5-10(6-8-11)15(19)14-12-3-1-2-4-13(12)17-9-18-14/h1-9H. The number of fused-ring (bicyclic) bond motifs is 1. The molecular weight excluding hydrogens is 260 g/mol. The Morgan fingerprint density at radius 1 is 0.947 bits per heavy atom. The zero-order valence-corrected chi connectivity index (χ0v) is 10.6. The van der Waals surface area contributed by atoms with Crippen LogP contribution in [0.4, 0.5) is 0 Å². The van der Waals surface area contributed by atoms with Crippen molar-refractivity contribution >= 4 is 28.3 Å². The quantitative estimate of drug-likeness (QED) is 0.668. The molecule has 92 valence electrons. The molecule has 0 saturated heterocycles. The van der Waals surface area contributed by atoms with Gasteiger partial charge in [-0.05, 0) is 30.3 Å². The lowest BCUT2D eigenvalue weighted by Crippen LogP contribution is -2.05. The van der Waals surface area contributed by atoms with Crippen LogP contribution in [0, 0.1) is 0 Å². The number of ketones is 1. The number of para-hydroxylation sites is 1. The van der Waals surface area contributed by atoms with Crippen molar-refractivity contribution in [1.29, 1.82) is 0 Å². The summed E-state index contributed by atoms with van der Waals surface area (Å²) in [4.78, 5) is 20.7. The highest BCUT2D eigenvalue weighted by Crippen LogP contribution is 2.18. The summed E-state index contributed by atoms with van der Waals surface area (Å²) in [6, 6.07) is 14.2. The molecule has 0 bridgehead atoms. The molecule has 0 saturated carbocycles. The van der Waals surface area contributed by atoms with E-state index < -0.39 is 0 Å². The topological polar surface area (TPSA) is 42.9 Å². The molecule has 1 aromatic heterocycles. The van der Waals surface area contributed by atoms with E-state index in [1.54, 1.807) is 24.3 Å². The van der Waals surface area contributed by atoms with Crippen LogP contribution in [-0.2, 0) is 0 Å². The third kappa shape index (κ3) is 2.20. The van der Waals surface area contributed by atoms with Crippen molar-refractivity contribution in [2.75, 3.05) is 0 Å². The van der Waals surface area contributed by atoms with Gasteiger partial charge in [0, 0.05) is 16.0 Å². The van der Waals surface area contributed by atoms with Gasteiger partial charge in [-0.3, -0.25) is 4.79 Å². The molecule has 0 N–H and O–H groups in total. The second-order valence-electron chi connectivity index (χ2n) is 4.08. The van der Waals surface area contributed by atoms with Gasteiger partial charge in [0.05, 0.1) is 5.52 Å². The van der Waals surface area contributed by atoms with E-state index in [0.717, 1.165) is 10.9 Å². The lowest BCUT2D eigenvalue weighted by molar-refractivity contribution is 0.103. The van der Waals surface area contributed by atoms with E-state index in [1.807, 2.05) is 24.3 Å². The van der Waals surface area contributed by atoms with E-state index in [4.69, 9.17) is 11.6 Å².